The van der Waals surface area contributed by atoms with Gasteiger partial charge in [0.25, 0.3) is 0 Å². The number of rotatable bonds is 6. The van der Waals surface area contributed by atoms with Crippen LogP contribution < -0.4 is 5.32 Å². The molecule has 0 aromatic rings. The van der Waals surface area contributed by atoms with Crippen molar-refractivity contribution in [3.05, 3.63) is 0 Å². The molecule has 0 aliphatic carbocycles. The molecule has 124 valence electrons. The summed E-state index contributed by atoms with van der Waals surface area (Å²) in [5, 5.41) is 3.76. The first-order valence-electron chi connectivity index (χ1n) is 8.51. The summed E-state index contributed by atoms with van der Waals surface area (Å²) in [7, 11) is -2.99. The minimum absolute atomic E-state index is 0.223. The van der Waals surface area contributed by atoms with Gasteiger partial charge in [-0.1, -0.05) is 6.92 Å². The van der Waals surface area contributed by atoms with Gasteiger partial charge in [-0.05, 0) is 58.7 Å². The molecule has 6 heteroatoms. The molecule has 0 aromatic heterocycles. The Bertz CT molecular complexity index is 397. The Morgan fingerprint density at radius 2 is 1.48 bits per heavy atom. The number of nitrogens with one attached hydrogen (secondary N) is 1. The van der Waals surface area contributed by atoms with E-state index in [0.717, 1.165) is 12.8 Å². The Morgan fingerprint density at radius 1 is 0.952 bits per heavy atom. The molecule has 2 aliphatic heterocycles. The first-order valence-corrected chi connectivity index (χ1v) is 10.1. The van der Waals surface area contributed by atoms with Crippen molar-refractivity contribution in [1.82, 2.24) is 14.5 Å². The third-order valence-electron chi connectivity index (χ3n) is 4.81. The standard InChI is InChI=1S/C15H31N3O2S/c1-3-9-17-10-5-14(6-11-17)16-15-7-12-18(13-8-15)21(19,20)4-2/h14-16H,3-13H2,1-2H3. The average Bonchev–Trinajstić information content (AvgIpc) is 2.50. The van der Waals surface area contributed by atoms with Gasteiger partial charge in [-0.25, -0.2) is 12.7 Å². The number of likely N-dealkylation sites (tertiary alicyclic amines) is 1. The highest BCUT2D eigenvalue weighted by atomic mass is 32.2. The number of piperidine rings is 2. The van der Waals surface area contributed by atoms with Crippen molar-refractivity contribution in [2.75, 3.05) is 38.5 Å². The highest BCUT2D eigenvalue weighted by Gasteiger charge is 2.28. The molecule has 0 unspecified atom stereocenters. The fraction of sp³-hybridized carbons (Fsp3) is 1.00. The van der Waals surface area contributed by atoms with Crippen LogP contribution in [0.15, 0.2) is 0 Å². The van der Waals surface area contributed by atoms with E-state index in [2.05, 4.69) is 17.1 Å². The average molecular weight is 317 g/mol. The van der Waals surface area contributed by atoms with Crippen LogP contribution in [0.3, 0.4) is 0 Å². The molecular formula is C15H31N3O2S. The quantitative estimate of drug-likeness (QED) is 0.801. The molecule has 21 heavy (non-hydrogen) atoms. The zero-order valence-electron chi connectivity index (χ0n) is 13.6. The molecule has 5 nitrogen and oxygen atoms in total. The maximum atomic E-state index is 11.8. The van der Waals surface area contributed by atoms with Gasteiger partial charge in [0.05, 0.1) is 5.75 Å². The van der Waals surface area contributed by atoms with Crippen LogP contribution in [0.1, 0.15) is 46.0 Å². The maximum Gasteiger partial charge on any atom is 0.213 e. The first kappa shape index (κ1) is 17.2. The van der Waals surface area contributed by atoms with Crippen LogP contribution in [0, 0.1) is 0 Å². The summed E-state index contributed by atoms with van der Waals surface area (Å²) in [6.07, 6.45) is 5.60. The minimum atomic E-state index is -2.99. The molecule has 0 amide bonds. The largest absolute Gasteiger partial charge is 0.311 e. The van der Waals surface area contributed by atoms with Gasteiger partial charge >= 0.3 is 0 Å². The topological polar surface area (TPSA) is 52.6 Å². The van der Waals surface area contributed by atoms with Gasteiger partial charge in [-0.3, -0.25) is 0 Å². The van der Waals surface area contributed by atoms with Crippen molar-refractivity contribution in [2.45, 2.75) is 58.0 Å². The summed E-state index contributed by atoms with van der Waals surface area (Å²) >= 11 is 0. The SMILES string of the molecule is CCCN1CCC(NC2CCN(S(=O)(=O)CC)CC2)CC1. The Hall–Kier alpha value is -0.170. The molecule has 2 aliphatic rings. The minimum Gasteiger partial charge on any atom is -0.311 e. The molecule has 0 radical (unpaired) electrons. The van der Waals surface area contributed by atoms with Crippen molar-refractivity contribution in [2.24, 2.45) is 0 Å². The lowest BCUT2D eigenvalue weighted by atomic mass is 10.00. The Kier molecular flexibility index (Phi) is 6.47. The van der Waals surface area contributed by atoms with E-state index in [1.54, 1.807) is 11.2 Å². The number of hydrogen-bond donors (Lipinski definition) is 1. The van der Waals surface area contributed by atoms with Gasteiger partial charge in [0.2, 0.25) is 10.0 Å². The second kappa shape index (κ2) is 7.90. The third-order valence-corrected chi connectivity index (χ3v) is 6.69. The van der Waals surface area contributed by atoms with Crippen LogP contribution in [0.5, 0.6) is 0 Å². The van der Waals surface area contributed by atoms with Crippen LogP contribution in [0.4, 0.5) is 0 Å². The van der Waals surface area contributed by atoms with Crippen molar-refractivity contribution in [3.8, 4) is 0 Å². The van der Waals surface area contributed by atoms with Crippen LogP contribution in [-0.4, -0.2) is 68.2 Å². The van der Waals surface area contributed by atoms with Gasteiger partial charge in [-0.2, -0.15) is 0 Å². The van der Waals surface area contributed by atoms with Gasteiger partial charge in [0, 0.05) is 25.2 Å². The molecule has 2 fully saturated rings. The van der Waals surface area contributed by atoms with Crippen LogP contribution in [-0.2, 0) is 10.0 Å². The van der Waals surface area contributed by atoms with E-state index in [4.69, 9.17) is 0 Å². The van der Waals surface area contributed by atoms with Crippen LogP contribution in [0.2, 0.25) is 0 Å². The fourth-order valence-electron chi connectivity index (χ4n) is 3.46. The summed E-state index contributed by atoms with van der Waals surface area (Å²) in [5.41, 5.74) is 0. The van der Waals surface area contributed by atoms with Crippen molar-refractivity contribution < 1.29 is 8.42 Å². The van der Waals surface area contributed by atoms with Crippen molar-refractivity contribution in [1.29, 1.82) is 0 Å². The summed E-state index contributed by atoms with van der Waals surface area (Å²) < 4.78 is 25.4. The molecule has 0 spiro atoms. The van der Waals surface area contributed by atoms with E-state index >= 15 is 0 Å². The lowest BCUT2D eigenvalue weighted by Gasteiger charge is -2.37. The number of hydrogen-bond acceptors (Lipinski definition) is 4. The Balaban J connectivity index is 1.70. The smallest absolute Gasteiger partial charge is 0.213 e. The molecule has 0 bridgehead atoms. The molecule has 0 aromatic carbocycles. The van der Waals surface area contributed by atoms with Gasteiger partial charge in [-0.15, -0.1) is 0 Å². The lowest BCUT2D eigenvalue weighted by Crippen LogP contribution is -2.50. The fourth-order valence-corrected chi connectivity index (χ4v) is 4.59. The molecule has 2 rings (SSSR count). The van der Waals surface area contributed by atoms with E-state index in [9.17, 15) is 8.42 Å². The number of sulfonamides is 1. The van der Waals surface area contributed by atoms with Crippen molar-refractivity contribution in [3.63, 3.8) is 0 Å². The molecular weight excluding hydrogens is 286 g/mol. The summed E-state index contributed by atoms with van der Waals surface area (Å²) in [6, 6.07) is 1.12. The second-order valence-electron chi connectivity index (χ2n) is 6.36. The highest BCUT2D eigenvalue weighted by molar-refractivity contribution is 7.89. The van der Waals surface area contributed by atoms with Gasteiger partial charge < -0.3 is 10.2 Å². The Morgan fingerprint density at radius 3 is 1.95 bits per heavy atom. The van der Waals surface area contributed by atoms with Gasteiger partial charge in [0.15, 0.2) is 0 Å². The predicted molar refractivity (Wildman–Crippen MR) is 86.9 cm³/mol. The first-order chi connectivity index (χ1) is 10.0. The van der Waals surface area contributed by atoms with Crippen molar-refractivity contribution >= 4 is 10.0 Å². The third kappa shape index (κ3) is 4.91. The van der Waals surface area contributed by atoms with Crippen LogP contribution in [0.25, 0.3) is 0 Å². The summed E-state index contributed by atoms with van der Waals surface area (Å²) in [6.45, 7) is 8.96. The van der Waals surface area contributed by atoms with E-state index in [0.29, 0.717) is 25.2 Å². The van der Waals surface area contributed by atoms with Gasteiger partial charge in [0.1, 0.15) is 0 Å². The van der Waals surface area contributed by atoms with E-state index < -0.39 is 10.0 Å². The predicted octanol–water partition coefficient (Wildman–Crippen LogP) is 1.26. The maximum absolute atomic E-state index is 11.8. The molecule has 0 saturated carbocycles. The zero-order chi connectivity index (χ0) is 15.3. The summed E-state index contributed by atoms with van der Waals surface area (Å²) in [4.78, 5) is 2.55. The molecule has 0 atom stereocenters. The summed E-state index contributed by atoms with van der Waals surface area (Å²) in [5.74, 6) is 0.223. The lowest BCUT2D eigenvalue weighted by molar-refractivity contribution is 0.179. The zero-order valence-corrected chi connectivity index (χ0v) is 14.4. The second-order valence-corrected chi connectivity index (χ2v) is 8.61. The van der Waals surface area contributed by atoms with E-state index in [-0.39, 0.29) is 5.75 Å². The Labute approximate surface area is 130 Å². The normalized spacial score (nSPS) is 24.5. The van der Waals surface area contributed by atoms with Crippen LogP contribution >= 0.6 is 0 Å². The molecule has 1 N–H and O–H groups in total. The molecule has 2 saturated heterocycles. The molecule has 2 heterocycles. The number of nitrogens with zero attached hydrogens (tertiary/aromatic N) is 2. The highest BCUT2D eigenvalue weighted by Crippen LogP contribution is 2.17. The van der Waals surface area contributed by atoms with E-state index in [1.165, 1.54) is 38.9 Å². The van der Waals surface area contributed by atoms with E-state index in [1.807, 2.05) is 0 Å². The monoisotopic (exact) mass is 317 g/mol.